The van der Waals surface area contributed by atoms with E-state index in [0.29, 0.717) is 5.75 Å². The van der Waals surface area contributed by atoms with Crippen molar-refractivity contribution in [3.8, 4) is 5.75 Å². The largest absolute Gasteiger partial charge is 0.445 e. The molecule has 0 fully saturated rings. The lowest BCUT2D eigenvalue weighted by molar-refractivity contribution is 0.571. The second kappa shape index (κ2) is 4.04. The van der Waals surface area contributed by atoms with Crippen molar-refractivity contribution in [3.05, 3.63) is 30.3 Å². The summed E-state index contributed by atoms with van der Waals surface area (Å²) in [5.41, 5.74) is 0. The van der Waals surface area contributed by atoms with Gasteiger partial charge in [-0.15, -0.1) is 4.40 Å². The van der Waals surface area contributed by atoms with Crippen LogP contribution in [0.3, 0.4) is 0 Å². The Labute approximate surface area is 76.9 Å². The van der Waals surface area contributed by atoms with Gasteiger partial charge in [0.25, 0.3) is 10.0 Å². The smallest absolute Gasteiger partial charge is 0.253 e. The summed E-state index contributed by atoms with van der Waals surface area (Å²) in [6.45, 7) is 0. The van der Waals surface area contributed by atoms with Crippen molar-refractivity contribution in [2.45, 2.75) is 0 Å². The number of sulfonamides is 1. The first-order valence-corrected chi connectivity index (χ1v) is 5.38. The minimum atomic E-state index is -3.35. The van der Waals surface area contributed by atoms with Gasteiger partial charge in [0.05, 0.1) is 6.26 Å². The summed E-state index contributed by atoms with van der Waals surface area (Å²) in [5, 5.41) is 0. The molecule has 5 heteroatoms. The van der Waals surface area contributed by atoms with Crippen molar-refractivity contribution < 1.29 is 13.2 Å². The maximum atomic E-state index is 10.5. The Hall–Kier alpha value is -1.36. The highest BCUT2D eigenvalue weighted by molar-refractivity contribution is 7.89. The van der Waals surface area contributed by atoms with Gasteiger partial charge in [0.2, 0.25) is 0 Å². The van der Waals surface area contributed by atoms with Gasteiger partial charge in [-0.1, -0.05) is 18.2 Å². The van der Waals surface area contributed by atoms with E-state index in [1.165, 1.54) is 0 Å². The Balaban J connectivity index is 2.59. The number of hydrogen-bond acceptors (Lipinski definition) is 3. The molecule has 0 bridgehead atoms. The fourth-order valence-corrected chi connectivity index (χ4v) is 0.859. The molecule has 0 atom stereocenters. The summed E-state index contributed by atoms with van der Waals surface area (Å²) < 4.78 is 29.2. The average Bonchev–Trinajstić information content (AvgIpc) is 2.04. The average molecular weight is 199 g/mol. The van der Waals surface area contributed by atoms with Gasteiger partial charge in [-0.2, -0.15) is 0 Å². The van der Waals surface area contributed by atoms with E-state index in [4.69, 9.17) is 4.74 Å². The summed E-state index contributed by atoms with van der Waals surface area (Å²) in [5.74, 6) is 0.551. The molecule has 0 N–H and O–H groups in total. The third-order valence-corrected chi connectivity index (χ3v) is 1.64. The standard InChI is InChI=1S/C8H9NO3S/c1-13(10,11)9-7-12-8-5-3-2-4-6-8/h2-7H,1H3. The van der Waals surface area contributed by atoms with E-state index in [1.54, 1.807) is 24.3 Å². The van der Waals surface area contributed by atoms with Gasteiger partial charge in [0, 0.05) is 0 Å². The Morgan fingerprint density at radius 3 is 2.46 bits per heavy atom. The maximum Gasteiger partial charge on any atom is 0.253 e. The highest BCUT2D eigenvalue weighted by atomic mass is 32.2. The molecule has 0 aliphatic heterocycles. The van der Waals surface area contributed by atoms with Crippen molar-refractivity contribution in [1.29, 1.82) is 0 Å². The van der Waals surface area contributed by atoms with Gasteiger partial charge in [0.1, 0.15) is 5.75 Å². The number of ether oxygens (including phenoxy) is 1. The molecular formula is C8H9NO3S. The Morgan fingerprint density at radius 1 is 1.31 bits per heavy atom. The molecule has 4 nitrogen and oxygen atoms in total. The van der Waals surface area contributed by atoms with E-state index in [0.717, 1.165) is 12.7 Å². The topological polar surface area (TPSA) is 55.7 Å². The van der Waals surface area contributed by atoms with Crippen LogP contribution in [0.15, 0.2) is 34.7 Å². The molecule has 0 saturated heterocycles. The molecule has 0 amide bonds. The Kier molecular flexibility index (Phi) is 3.02. The van der Waals surface area contributed by atoms with Gasteiger partial charge >= 0.3 is 0 Å². The van der Waals surface area contributed by atoms with Crippen LogP contribution in [0, 0.1) is 0 Å². The quantitative estimate of drug-likeness (QED) is 0.540. The minimum absolute atomic E-state index is 0.551. The maximum absolute atomic E-state index is 10.5. The van der Waals surface area contributed by atoms with Crippen molar-refractivity contribution in [1.82, 2.24) is 0 Å². The van der Waals surface area contributed by atoms with E-state index in [1.807, 2.05) is 6.07 Å². The predicted octanol–water partition coefficient (Wildman–Crippen LogP) is 1.05. The monoisotopic (exact) mass is 199 g/mol. The first-order valence-electron chi connectivity index (χ1n) is 3.53. The first-order chi connectivity index (χ1) is 6.08. The minimum Gasteiger partial charge on any atom is -0.445 e. The second-order valence-corrected chi connectivity index (χ2v) is 4.05. The zero-order valence-corrected chi connectivity index (χ0v) is 7.86. The lowest BCUT2D eigenvalue weighted by Crippen LogP contribution is -1.95. The highest BCUT2D eigenvalue weighted by Gasteiger charge is 1.93. The molecule has 13 heavy (non-hydrogen) atoms. The van der Waals surface area contributed by atoms with Gasteiger partial charge in [-0.05, 0) is 12.1 Å². The summed E-state index contributed by atoms with van der Waals surface area (Å²) in [6, 6.07) is 8.80. The first kappa shape index (κ1) is 9.73. The molecule has 0 spiro atoms. The van der Waals surface area contributed by atoms with Crippen LogP contribution in [-0.2, 0) is 10.0 Å². The number of benzene rings is 1. The molecule has 0 unspecified atom stereocenters. The molecule has 1 aromatic carbocycles. The van der Waals surface area contributed by atoms with Gasteiger partial charge in [0.15, 0.2) is 6.40 Å². The van der Waals surface area contributed by atoms with Crippen molar-refractivity contribution in [2.75, 3.05) is 6.26 Å². The molecule has 0 aromatic heterocycles. The summed E-state index contributed by atoms with van der Waals surface area (Å²) in [7, 11) is -3.35. The van der Waals surface area contributed by atoms with Gasteiger partial charge in [-0.25, -0.2) is 8.42 Å². The molecule has 0 aliphatic rings. The molecule has 1 aromatic rings. The molecule has 70 valence electrons. The zero-order valence-electron chi connectivity index (χ0n) is 7.04. The zero-order chi connectivity index (χ0) is 9.73. The van der Waals surface area contributed by atoms with Crippen LogP contribution in [0.1, 0.15) is 0 Å². The third kappa shape index (κ3) is 4.27. The van der Waals surface area contributed by atoms with Crippen LogP contribution in [0.4, 0.5) is 0 Å². The number of hydrogen-bond donors (Lipinski definition) is 0. The lowest BCUT2D eigenvalue weighted by Gasteiger charge is -1.96. The fraction of sp³-hybridized carbons (Fsp3) is 0.125. The predicted molar refractivity (Wildman–Crippen MR) is 50.4 cm³/mol. The van der Waals surface area contributed by atoms with Crippen LogP contribution in [0.2, 0.25) is 0 Å². The second-order valence-electron chi connectivity index (χ2n) is 2.37. The SMILES string of the molecule is CS(=O)(=O)N=COc1ccccc1. The summed E-state index contributed by atoms with van der Waals surface area (Å²) >= 11 is 0. The van der Waals surface area contributed by atoms with Crippen LogP contribution in [0.5, 0.6) is 5.75 Å². The van der Waals surface area contributed by atoms with Gasteiger partial charge in [-0.3, -0.25) is 0 Å². The fourth-order valence-electron chi connectivity index (χ4n) is 0.660. The summed E-state index contributed by atoms with van der Waals surface area (Å²) in [4.78, 5) is 0. The van der Waals surface area contributed by atoms with E-state index in [9.17, 15) is 8.42 Å². The molecule has 0 heterocycles. The van der Waals surface area contributed by atoms with Crippen molar-refractivity contribution >= 4 is 16.4 Å². The van der Waals surface area contributed by atoms with E-state index >= 15 is 0 Å². The van der Waals surface area contributed by atoms with E-state index in [-0.39, 0.29) is 0 Å². The van der Waals surface area contributed by atoms with Gasteiger partial charge < -0.3 is 4.74 Å². The van der Waals surface area contributed by atoms with Crippen LogP contribution in [0.25, 0.3) is 0 Å². The normalized spacial score (nSPS) is 11.8. The van der Waals surface area contributed by atoms with Crippen molar-refractivity contribution in [2.24, 2.45) is 4.40 Å². The number of rotatable bonds is 3. The van der Waals surface area contributed by atoms with Crippen LogP contribution >= 0.6 is 0 Å². The molecule has 1 rings (SSSR count). The van der Waals surface area contributed by atoms with Crippen molar-refractivity contribution in [3.63, 3.8) is 0 Å². The molecular weight excluding hydrogens is 190 g/mol. The molecule has 0 saturated carbocycles. The third-order valence-electron chi connectivity index (χ3n) is 1.17. The van der Waals surface area contributed by atoms with E-state index < -0.39 is 10.0 Å². The molecule has 0 aliphatic carbocycles. The Bertz CT molecular complexity index is 383. The number of para-hydroxylation sites is 1. The summed E-state index contributed by atoms with van der Waals surface area (Å²) in [6.07, 6.45) is 1.91. The van der Waals surface area contributed by atoms with Crippen LogP contribution in [-0.4, -0.2) is 21.1 Å². The van der Waals surface area contributed by atoms with E-state index in [2.05, 4.69) is 4.40 Å². The lowest BCUT2D eigenvalue weighted by atomic mass is 10.3. The number of nitrogens with zero attached hydrogens (tertiary/aromatic N) is 1. The highest BCUT2D eigenvalue weighted by Crippen LogP contribution is 2.06. The van der Waals surface area contributed by atoms with Crippen LogP contribution < -0.4 is 4.74 Å². The Morgan fingerprint density at radius 2 is 1.92 bits per heavy atom. The molecule has 0 radical (unpaired) electrons.